The maximum absolute atomic E-state index is 15.1. The number of hydrogen-bond acceptors (Lipinski definition) is 9. The van der Waals surface area contributed by atoms with E-state index in [0.29, 0.717) is 35.2 Å². The van der Waals surface area contributed by atoms with E-state index in [-0.39, 0.29) is 50.0 Å². The highest BCUT2D eigenvalue weighted by Crippen LogP contribution is 2.34. The standard InChI is InChI=1S/C27H33F3N8O4S/c1-42-26-19(25(39)35-21-12-37(11-20(21)28)43(40,41)18-5-3-2-4-6-18)7-16(9-32-26)22-8-17(10-36-13-27(29,30)14-36)23-24(31)33-15-34-38(22)23/h7-9,15,18,20-21H,2-6,10-14H2,1H3,(H,35,39)(H2,31,33,34)/t20-,21+/m0/s1. The predicted octanol–water partition coefficient (Wildman–Crippen LogP) is 2.25. The van der Waals surface area contributed by atoms with Crippen molar-refractivity contribution in [2.24, 2.45) is 0 Å². The Morgan fingerprint density at radius 3 is 2.60 bits per heavy atom. The summed E-state index contributed by atoms with van der Waals surface area (Å²) in [5.41, 5.74) is 8.11. The second-order valence-electron chi connectivity index (χ2n) is 11.5. The lowest BCUT2D eigenvalue weighted by Crippen LogP contribution is -2.55. The van der Waals surface area contributed by atoms with Gasteiger partial charge in [-0.1, -0.05) is 19.3 Å². The Balaban J connectivity index is 1.25. The van der Waals surface area contributed by atoms with E-state index in [2.05, 4.69) is 20.4 Å². The molecule has 1 amide bonds. The third-order valence-corrected chi connectivity index (χ3v) is 10.7. The highest BCUT2D eigenvalue weighted by molar-refractivity contribution is 7.89. The Morgan fingerprint density at radius 2 is 1.91 bits per heavy atom. The number of anilines is 1. The highest BCUT2D eigenvalue weighted by Gasteiger charge is 2.44. The minimum atomic E-state index is -3.68. The van der Waals surface area contributed by atoms with Crippen LogP contribution in [0.5, 0.6) is 5.88 Å². The molecule has 16 heteroatoms. The lowest BCUT2D eigenvalue weighted by molar-refractivity contribution is -0.133. The quantitative estimate of drug-likeness (QED) is 0.386. The van der Waals surface area contributed by atoms with Crippen molar-refractivity contribution in [3.8, 4) is 17.1 Å². The maximum atomic E-state index is 15.1. The van der Waals surface area contributed by atoms with E-state index in [1.54, 1.807) is 11.0 Å². The molecule has 2 saturated heterocycles. The first-order valence-corrected chi connectivity index (χ1v) is 15.7. The maximum Gasteiger partial charge on any atom is 0.272 e. The van der Waals surface area contributed by atoms with Gasteiger partial charge in [0.15, 0.2) is 5.82 Å². The van der Waals surface area contributed by atoms with E-state index in [9.17, 15) is 22.0 Å². The number of aromatic nitrogens is 4. The predicted molar refractivity (Wildman–Crippen MR) is 151 cm³/mol. The normalized spacial score (nSPS) is 23.3. The van der Waals surface area contributed by atoms with Gasteiger partial charge >= 0.3 is 0 Å². The number of nitrogens with one attached hydrogen (secondary N) is 1. The number of carbonyl (C=O) groups is 1. The van der Waals surface area contributed by atoms with Crippen LogP contribution in [0.2, 0.25) is 0 Å². The first kappa shape index (κ1) is 29.6. The number of carbonyl (C=O) groups excluding carboxylic acids is 1. The molecular weight excluding hydrogens is 589 g/mol. The first-order valence-electron chi connectivity index (χ1n) is 14.2. The number of nitrogens with zero attached hydrogens (tertiary/aromatic N) is 6. The molecule has 0 bridgehead atoms. The van der Waals surface area contributed by atoms with Gasteiger partial charge in [-0.25, -0.2) is 36.1 Å². The number of nitrogen functional groups attached to an aromatic ring is 1. The van der Waals surface area contributed by atoms with Gasteiger partial charge < -0.3 is 15.8 Å². The molecule has 0 aromatic carbocycles. The molecule has 6 rings (SSSR count). The Bertz CT molecular complexity index is 1640. The molecule has 5 heterocycles. The molecular formula is C27H33F3N8O4S. The number of methoxy groups -OCH3 is 1. The van der Waals surface area contributed by atoms with Crippen molar-refractivity contribution in [2.45, 2.75) is 62.0 Å². The summed E-state index contributed by atoms with van der Waals surface area (Å²) < 4.78 is 76.3. The van der Waals surface area contributed by atoms with Gasteiger partial charge in [-0.3, -0.25) is 9.69 Å². The summed E-state index contributed by atoms with van der Waals surface area (Å²) in [5, 5.41) is 6.39. The van der Waals surface area contributed by atoms with Gasteiger partial charge in [-0.15, -0.1) is 0 Å². The summed E-state index contributed by atoms with van der Waals surface area (Å²) in [6.07, 6.45) is 4.88. The van der Waals surface area contributed by atoms with Crippen LogP contribution in [-0.2, 0) is 16.6 Å². The Hall–Kier alpha value is -3.50. The van der Waals surface area contributed by atoms with Crippen LogP contribution < -0.4 is 15.8 Å². The zero-order valence-electron chi connectivity index (χ0n) is 23.5. The molecule has 2 atom stereocenters. The molecule has 2 aliphatic heterocycles. The number of likely N-dealkylation sites (tertiary alicyclic amines) is 1. The molecule has 3 fully saturated rings. The number of ether oxygens (including phenoxy) is 1. The largest absolute Gasteiger partial charge is 0.480 e. The van der Waals surface area contributed by atoms with Crippen LogP contribution in [0.15, 0.2) is 24.7 Å². The van der Waals surface area contributed by atoms with Gasteiger partial charge in [0.1, 0.15) is 23.6 Å². The number of fused-ring (bicyclic) bond motifs is 1. The summed E-state index contributed by atoms with van der Waals surface area (Å²) in [5.74, 6) is -3.28. The van der Waals surface area contributed by atoms with E-state index in [4.69, 9.17) is 10.5 Å². The third kappa shape index (κ3) is 5.62. The van der Waals surface area contributed by atoms with E-state index in [1.807, 2.05) is 0 Å². The highest BCUT2D eigenvalue weighted by atomic mass is 32.2. The summed E-state index contributed by atoms with van der Waals surface area (Å²) in [7, 11) is -2.34. The smallest absolute Gasteiger partial charge is 0.272 e. The van der Waals surface area contributed by atoms with Crippen molar-refractivity contribution in [3.05, 3.63) is 35.8 Å². The van der Waals surface area contributed by atoms with Crippen molar-refractivity contribution in [3.63, 3.8) is 0 Å². The fourth-order valence-corrected chi connectivity index (χ4v) is 8.31. The lowest BCUT2D eigenvalue weighted by Gasteiger charge is -2.38. The van der Waals surface area contributed by atoms with Crippen molar-refractivity contribution in [1.82, 2.24) is 34.1 Å². The Morgan fingerprint density at radius 1 is 1.16 bits per heavy atom. The number of nitrogens with two attached hydrogens (primary N) is 1. The van der Waals surface area contributed by atoms with Crippen molar-refractivity contribution >= 4 is 27.3 Å². The van der Waals surface area contributed by atoms with E-state index in [0.717, 1.165) is 23.6 Å². The third-order valence-electron chi connectivity index (χ3n) is 8.42. The molecule has 0 unspecified atom stereocenters. The summed E-state index contributed by atoms with van der Waals surface area (Å²) in [6.45, 7) is -1.05. The second-order valence-corrected chi connectivity index (χ2v) is 13.7. The molecule has 3 N–H and O–H groups in total. The SMILES string of the molecule is COc1ncc(-c2cc(CN3CC(F)(F)C3)c3c(N)ncnn23)cc1C(=O)N[C@@H]1CN(S(=O)(=O)C2CCCCC2)C[C@@H]1F. The van der Waals surface area contributed by atoms with Crippen LogP contribution in [0.3, 0.4) is 0 Å². The summed E-state index contributed by atoms with van der Waals surface area (Å²) in [6, 6.07) is 2.17. The molecule has 1 saturated carbocycles. The van der Waals surface area contributed by atoms with Gasteiger partial charge in [0.25, 0.3) is 11.8 Å². The van der Waals surface area contributed by atoms with Gasteiger partial charge in [0.05, 0.1) is 37.2 Å². The fourth-order valence-electron chi connectivity index (χ4n) is 6.24. The first-order chi connectivity index (χ1) is 20.5. The average Bonchev–Trinajstić information content (AvgIpc) is 3.53. The van der Waals surface area contributed by atoms with E-state index in [1.165, 1.54) is 30.2 Å². The van der Waals surface area contributed by atoms with Crippen LogP contribution in [0.25, 0.3) is 16.8 Å². The molecule has 0 radical (unpaired) electrons. The van der Waals surface area contributed by atoms with Gasteiger partial charge in [0, 0.05) is 31.4 Å². The lowest BCUT2D eigenvalue weighted by atomic mass is 10.0. The molecule has 43 heavy (non-hydrogen) atoms. The van der Waals surface area contributed by atoms with E-state index < -0.39 is 39.3 Å². The molecule has 3 aromatic heterocycles. The average molecular weight is 623 g/mol. The molecule has 1 aliphatic carbocycles. The van der Waals surface area contributed by atoms with Crippen LogP contribution in [-0.4, -0.2) is 99.8 Å². The second kappa shape index (κ2) is 11.2. The zero-order chi connectivity index (χ0) is 30.5. The van der Waals surface area contributed by atoms with Crippen LogP contribution in [0.4, 0.5) is 19.0 Å². The zero-order valence-corrected chi connectivity index (χ0v) is 24.4. The Labute approximate surface area is 246 Å². The minimum absolute atomic E-state index is 0.00157. The van der Waals surface area contributed by atoms with Crippen LogP contribution in [0, 0.1) is 0 Å². The van der Waals surface area contributed by atoms with Gasteiger partial charge in [0.2, 0.25) is 15.9 Å². The van der Waals surface area contributed by atoms with Crippen LogP contribution in [0.1, 0.15) is 48.0 Å². The number of alkyl halides is 3. The van der Waals surface area contributed by atoms with Crippen molar-refractivity contribution < 1.29 is 31.1 Å². The number of rotatable bonds is 8. The fraction of sp³-hybridized carbons (Fsp3) is 0.556. The topological polar surface area (TPSA) is 148 Å². The number of sulfonamides is 1. The Kier molecular flexibility index (Phi) is 7.71. The molecule has 232 valence electrons. The van der Waals surface area contributed by atoms with Crippen LogP contribution >= 0.6 is 0 Å². The van der Waals surface area contributed by atoms with Crippen molar-refractivity contribution in [1.29, 1.82) is 0 Å². The van der Waals surface area contributed by atoms with Crippen molar-refractivity contribution in [2.75, 3.05) is 39.0 Å². The van der Waals surface area contributed by atoms with Gasteiger partial charge in [-0.2, -0.15) is 9.40 Å². The number of hydrogen-bond donors (Lipinski definition) is 2. The molecule has 3 aromatic rings. The monoisotopic (exact) mass is 622 g/mol. The summed E-state index contributed by atoms with van der Waals surface area (Å²) >= 11 is 0. The number of pyridine rings is 1. The van der Waals surface area contributed by atoms with Gasteiger partial charge in [-0.05, 0) is 30.5 Å². The molecule has 12 nitrogen and oxygen atoms in total. The van der Waals surface area contributed by atoms with E-state index >= 15 is 4.39 Å². The number of halogens is 3. The summed E-state index contributed by atoms with van der Waals surface area (Å²) in [4.78, 5) is 23.3. The molecule has 0 spiro atoms. The number of amides is 1. The molecule has 3 aliphatic rings. The minimum Gasteiger partial charge on any atom is -0.480 e.